The summed E-state index contributed by atoms with van der Waals surface area (Å²) in [7, 11) is 0. The van der Waals surface area contributed by atoms with Crippen LogP contribution in [0.15, 0.2) is 42.5 Å². The summed E-state index contributed by atoms with van der Waals surface area (Å²) in [6, 6.07) is 15.6. The quantitative estimate of drug-likeness (QED) is 0.281. The van der Waals surface area contributed by atoms with Crippen LogP contribution in [0.1, 0.15) is 102 Å². The molecule has 0 fully saturated rings. The molecule has 0 heteroatoms. The van der Waals surface area contributed by atoms with Gasteiger partial charge in [-0.25, -0.2) is 0 Å². The van der Waals surface area contributed by atoms with Crippen molar-refractivity contribution in [2.24, 2.45) is 0 Å². The van der Waals surface area contributed by atoms with Gasteiger partial charge >= 0.3 is 0 Å². The second-order valence-corrected chi connectivity index (χ2v) is 8.03. The van der Waals surface area contributed by atoms with Gasteiger partial charge < -0.3 is 0 Å². The van der Waals surface area contributed by atoms with Crippen LogP contribution in [-0.4, -0.2) is 0 Å². The summed E-state index contributed by atoms with van der Waals surface area (Å²) in [5.41, 5.74) is 1.50. The molecule has 2 aromatic carbocycles. The number of rotatable bonds is 15. The molecule has 0 atom stereocenters. The van der Waals surface area contributed by atoms with Gasteiger partial charge in [-0.3, -0.25) is 0 Å². The van der Waals surface area contributed by atoms with Crippen LogP contribution in [0.2, 0.25) is 0 Å². The number of aryl methyl sites for hydroxylation is 1. The maximum atomic E-state index is 2.37. The van der Waals surface area contributed by atoms with E-state index in [2.05, 4.69) is 49.4 Å². The van der Waals surface area contributed by atoms with E-state index in [1.165, 1.54) is 113 Å². The monoisotopic (exact) mass is 352 g/mol. The average Bonchev–Trinajstić information content (AvgIpc) is 2.68. The van der Waals surface area contributed by atoms with Crippen molar-refractivity contribution in [1.29, 1.82) is 0 Å². The minimum absolute atomic E-state index is 1.24. The van der Waals surface area contributed by atoms with Gasteiger partial charge in [0.15, 0.2) is 0 Å². The molecule has 2 aromatic rings. The summed E-state index contributed by atoms with van der Waals surface area (Å²) >= 11 is 0. The summed E-state index contributed by atoms with van der Waals surface area (Å²) in [6.07, 6.45) is 21.3. The van der Waals surface area contributed by atoms with E-state index < -0.39 is 0 Å². The SMILES string of the molecule is CCCCCCCCCCCCCCCCc1ccc2ccccc2c1. The Morgan fingerprint density at radius 1 is 0.500 bits per heavy atom. The molecule has 0 saturated carbocycles. The van der Waals surface area contributed by atoms with Gasteiger partial charge in [0.1, 0.15) is 0 Å². The lowest BCUT2D eigenvalue weighted by molar-refractivity contribution is 0.535. The number of benzene rings is 2. The first kappa shape index (κ1) is 21.0. The molecule has 144 valence electrons. The summed E-state index contributed by atoms with van der Waals surface area (Å²) in [6.45, 7) is 2.30. The van der Waals surface area contributed by atoms with Crippen LogP contribution in [0.5, 0.6) is 0 Å². The topological polar surface area (TPSA) is 0 Å². The van der Waals surface area contributed by atoms with Gasteiger partial charge in [-0.2, -0.15) is 0 Å². The highest BCUT2D eigenvalue weighted by molar-refractivity contribution is 5.82. The molecule has 0 aliphatic heterocycles. The van der Waals surface area contributed by atoms with E-state index in [1.54, 1.807) is 0 Å². The standard InChI is InChI=1S/C26H40/c1-2-3-4-5-6-7-8-9-10-11-12-13-14-15-18-24-21-22-25-19-16-17-20-26(25)23-24/h16-17,19-23H,2-15,18H2,1H3. The fourth-order valence-corrected chi connectivity index (χ4v) is 3.92. The van der Waals surface area contributed by atoms with Crippen molar-refractivity contribution in [3.63, 3.8) is 0 Å². The van der Waals surface area contributed by atoms with Gasteiger partial charge in [0.25, 0.3) is 0 Å². The molecular weight excluding hydrogens is 312 g/mol. The molecule has 0 aliphatic carbocycles. The van der Waals surface area contributed by atoms with Crippen molar-refractivity contribution >= 4 is 10.8 Å². The van der Waals surface area contributed by atoms with Crippen molar-refractivity contribution in [3.05, 3.63) is 48.0 Å². The van der Waals surface area contributed by atoms with Gasteiger partial charge in [0.2, 0.25) is 0 Å². The van der Waals surface area contributed by atoms with E-state index in [0.29, 0.717) is 0 Å². The van der Waals surface area contributed by atoms with Crippen molar-refractivity contribution in [3.8, 4) is 0 Å². The fourth-order valence-electron chi connectivity index (χ4n) is 3.92. The third-order valence-electron chi connectivity index (χ3n) is 5.63. The molecule has 0 bridgehead atoms. The predicted molar refractivity (Wildman–Crippen MR) is 118 cm³/mol. The molecule has 0 heterocycles. The van der Waals surface area contributed by atoms with E-state index in [1.807, 2.05) is 0 Å². The third kappa shape index (κ3) is 8.88. The van der Waals surface area contributed by atoms with Crippen LogP contribution in [0, 0.1) is 0 Å². The van der Waals surface area contributed by atoms with Crippen LogP contribution < -0.4 is 0 Å². The van der Waals surface area contributed by atoms with Crippen molar-refractivity contribution < 1.29 is 0 Å². The highest BCUT2D eigenvalue weighted by Gasteiger charge is 1.98. The van der Waals surface area contributed by atoms with E-state index in [-0.39, 0.29) is 0 Å². The highest BCUT2D eigenvalue weighted by Crippen LogP contribution is 2.18. The first-order valence-corrected chi connectivity index (χ1v) is 11.4. The first-order chi connectivity index (χ1) is 12.9. The van der Waals surface area contributed by atoms with Gasteiger partial charge in [-0.05, 0) is 29.2 Å². The predicted octanol–water partition coefficient (Wildman–Crippen LogP) is 8.86. The van der Waals surface area contributed by atoms with Gasteiger partial charge in [-0.15, -0.1) is 0 Å². The summed E-state index contributed by atoms with van der Waals surface area (Å²) in [4.78, 5) is 0. The lowest BCUT2D eigenvalue weighted by Gasteiger charge is -2.05. The average molecular weight is 353 g/mol. The number of unbranched alkanes of at least 4 members (excludes halogenated alkanes) is 13. The maximum absolute atomic E-state index is 2.37. The van der Waals surface area contributed by atoms with Gasteiger partial charge in [0.05, 0.1) is 0 Å². The Hall–Kier alpha value is -1.30. The molecule has 0 aliphatic rings. The van der Waals surface area contributed by atoms with Gasteiger partial charge in [-0.1, -0.05) is 133 Å². The smallest absolute Gasteiger partial charge is 0.0181 e. The Bertz CT molecular complexity index is 583. The second-order valence-electron chi connectivity index (χ2n) is 8.03. The Balaban J connectivity index is 1.40. The van der Waals surface area contributed by atoms with Crippen LogP contribution in [-0.2, 0) is 6.42 Å². The molecule has 0 N–H and O–H groups in total. The van der Waals surface area contributed by atoms with E-state index in [0.717, 1.165) is 0 Å². The minimum atomic E-state index is 1.24. The van der Waals surface area contributed by atoms with E-state index in [9.17, 15) is 0 Å². The minimum Gasteiger partial charge on any atom is -0.0654 e. The summed E-state index contributed by atoms with van der Waals surface area (Å²) in [5, 5.41) is 2.74. The number of hydrogen-bond donors (Lipinski definition) is 0. The molecule has 0 spiro atoms. The Morgan fingerprint density at radius 3 is 1.58 bits per heavy atom. The lowest BCUT2D eigenvalue weighted by Crippen LogP contribution is -1.87. The second kappa shape index (κ2) is 13.8. The molecule has 0 amide bonds. The molecular formula is C26H40. The number of fused-ring (bicyclic) bond motifs is 1. The lowest BCUT2D eigenvalue weighted by atomic mass is 10.0. The van der Waals surface area contributed by atoms with Crippen LogP contribution >= 0.6 is 0 Å². The normalized spacial score (nSPS) is 11.3. The van der Waals surface area contributed by atoms with E-state index in [4.69, 9.17) is 0 Å². The van der Waals surface area contributed by atoms with E-state index >= 15 is 0 Å². The molecule has 0 saturated heterocycles. The zero-order valence-electron chi connectivity index (χ0n) is 17.1. The fraction of sp³-hybridized carbons (Fsp3) is 0.615. The summed E-state index contributed by atoms with van der Waals surface area (Å²) < 4.78 is 0. The first-order valence-electron chi connectivity index (χ1n) is 11.4. The molecule has 0 radical (unpaired) electrons. The van der Waals surface area contributed by atoms with Gasteiger partial charge in [0, 0.05) is 0 Å². The van der Waals surface area contributed by atoms with Crippen LogP contribution in [0.3, 0.4) is 0 Å². The zero-order chi connectivity index (χ0) is 18.3. The summed E-state index contributed by atoms with van der Waals surface area (Å²) in [5.74, 6) is 0. The molecule has 2 rings (SSSR count). The van der Waals surface area contributed by atoms with Crippen molar-refractivity contribution in [1.82, 2.24) is 0 Å². The van der Waals surface area contributed by atoms with Crippen LogP contribution in [0.4, 0.5) is 0 Å². The Kier molecular flexibility index (Phi) is 11.2. The van der Waals surface area contributed by atoms with Crippen molar-refractivity contribution in [2.75, 3.05) is 0 Å². The third-order valence-corrected chi connectivity index (χ3v) is 5.63. The molecule has 0 nitrogen and oxygen atoms in total. The van der Waals surface area contributed by atoms with Crippen molar-refractivity contribution in [2.45, 2.75) is 103 Å². The molecule has 26 heavy (non-hydrogen) atoms. The molecule has 0 unspecified atom stereocenters. The number of hydrogen-bond acceptors (Lipinski definition) is 0. The largest absolute Gasteiger partial charge is 0.0654 e. The maximum Gasteiger partial charge on any atom is -0.0181 e. The highest BCUT2D eigenvalue weighted by atomic mass is 14.0. The Morgan fingerprint density at radius 2 is 1.00 bits per heavy atom. The molecule has 0 aromatic heterocycles. The Labute approximate surface area is 162 Å². The zero-order valence-corrected chi connectivity index (χ0v) is 17.1. The van der Waals surface area contributed by atoms with Crippen LogP contribution in [0.25, 0.3) is 10.8 Å².